The fourth-order valence-corrected chi connectivity index (χ4v) is 4.78. The van der Waals surface area contributed by atoms with Gasteiger partial charge in [-0.3, -0.25) is 4.90 Å². The molecule has 0 atom stereocenters. The van der Waals surface area contributed by atoms with Crippen LogP contribution in [0.3, 0.4) is 0 Å². The van der Waals surface area contributed by atoms with Crippen LogP contribution in [-0.2, 0) is 5.54 Å². The number of ether oxygens (including phenoxy) is 3. The molecule has 162 valence electrons. The second-order valence-electron chi connectivity index (χ2n) is 7.55. The summed E-state index contributed by atoms with van der Waals surface area (Å²) in [5.41, 5.74) is 2.53. The number of hydrogen-bond acceptors (Lipinski definition) is 5. The lowest BCUT2D eigenvalue weighted by molar-refractivity contribution is 0.129. The third-order valence-electron chi connectivity index (χ3n) is 6.08. The summed E-state index contributed by atoms with van der Waals surface area (Å²) < 4.78 is 17.7. The van der Waals surface area contributed by atoms with Crippen molar-refractivity contribution in [1.82, 2.24) is 10.2 Å². The fraction of sp³-hybridized carbons (Fsp3) is 0.308. The van der Waals surface area contributed by atoms with E-state index in [2.05, 4.69) is 46.6 Å². The van der Waals surface area contributed by atoms with Gasteiger partial charge < -0.3 is 19.5 Å². The maximum atomic E-state index is 5.91. The second-order valence-corrected chi connectivity index (χ2v) is 7.55. The number of nitrogens with zero attached hydrogens (tertiary/aromatic N) is 1. The molecule has 1 saturated heterocycles. The van der Waals surface area contributed by atoms with Gasteiger partial charge in [0, 0.05) is 42.9 Å². The minimum atomic E-state index is -0.659. The highest BCUT2D eigenvalue weighted by molar-refractivity contribution is 5.61. The summed E-state index contributed by atoms with van der Waals surface area (Å²) in [5, 5.41) is 3.49. The summed E-state index contributed by atoms with van der Waals surface area (Å²) in [5.74, 6) is 2.49. The van der Waals surface area contributed by atoms with Gasteiger partial charge in [0.25, 0.3) is 0 Å². The number of nitrogens with one attached hydrogen (secondary N) is 1. The van der Waals surface area contributed by atoms with Gasteiger partial charge in [-0.05, 0) is 18.2 Å². The molecule has 1 N–H and O–H groups in total. The van der Waals surface area contributed by atoms with E-state index >= 15 is 0 Å². The van der Waals surface area contributed by atoms with Crippen molar-refractivity contribution >= 4 is 0 Å². The summed E-state index contributed by atoms with van der Waals surface area (Å²) in [6.07, 6.45) is 0. The summed E-state index contributed by atoms with van der Waals surface area (Å²) in [4.78, 5) is 2.51. The second kappa shape index (κ2) is 9.41. The molecule has 0 radical (unpaired) electrons. The predicted molar refractivity (Wildman–Crippen MR) is 123 cm³/mol. The molecular formula is C26H30N2O3. The summed E-state index contributed by atoms with van der Waals surface area (Å²) in [6.45, 7) is 3.55. The third kappa shape index (κ3) is 3.64. The van der Waals surface area contributed by atoms with E-state index in [9.17, 15) is 0 Å². The molecule has 0 spiro atoms. The van der Waals surface area contributed by atoms with E-state index in [0.717, 1.165) is 60.1 Å². The van der Waals surface area contributed by atoms with Crippen LogP contribution in [0.2, 0.25) is 0 Å². The van der Waals surface area contributed by atoms with Crippen LogP contribution in [0.1, 0.15) is 16.7 Å². The Kier molecular flexibility index (Phi) is 6.44. The first-order valence-electron chi connectivity index (χ1n) is 10.6. The number of methoxy groups -OCH3 is 3. The molecule has 31 heavy (non-hydrogen) atoms. The topological polar surface area (TPSA) is 43.0 Å². The van der Waals surface area contributed by atoms with Crippen LogP contribution in [0.15, 0.2) is 72.8 Å². The maximum absolute atomic E-state index is 5.91. The molecule has 5 nitrogen and oxygen atoms in total. The van der Waals surface area contributed by atoms with E-state index in [1.807, 2.05) is 36.4 Å². The maximum Gasteiger partial charge on any atom is 0.124 e. The van der Waals surface area contributed by atoms with Crippen molar-refractivity contribution in [3.8, 4) is 17.2 Å². The van der Waals surface area contributed by atoms with Crippen molar-refractivity contribution < 1.29 is 14.2 Å². The van der Waals surface area contributed by atoms with Crippen LogP contribution >= 0.6 is 0 Å². The standard InChI is InChI=1S/C26H30N2O3/c1-29-23-13-7-4-10-20(23)26(28-18-16-27-17-19-28,21-11-5-8-14-24(21)30-2)22-12-6-9-15-25(22)31-3/h4-15,27H,16-19H2,1-3H3. The molecule has 1 aliphatic rings. The Morgan fingerprint density at radius 2 is 0.968 bits per heavy atom. The van der Waals surface area contributed by atoms with Crippen molar-refractivity contribution in [2.24, 2.45) is 0 Å². The molecule has 0 unspecified atom stereocenters. The summed E-state index contributed by atoms with van der Waals surface area (Å²) in [6, 6.07) is 24.8. The molecule has 0 aromatic heterocycles. The SMILES string of the molecule is COc1ccccc1C(c1ccccc1OC)(c1ccccc1OC)N1CCNCC1. The van der Waals surface area contributed by atoms with Gasteiger partial charge >= 0.3 is 0 Å². The van der Waals surface area contributed by atoms with Crippen molar-refractivity contribution in [1.29, 1.82) is 0 Å². The first-order chi connectivity index (χ1) is 15.3. The molecule has 0 amide bonds. The van der Waals surface area contributed by atoms with E-state index in [1.54, 1.807) is 21.3 Å². The van der Waals surface area contributed by atoms with Crippen LogP contribution in [0, 0.1) is 0 Å². The molecule has 0 aliphatic carbocycles. The molecule has 3 aromatic rings. The number of piperazine rings is 1. The number of hydrogen-bond donors (Lipinski definition) is 1. The minimum Gasteiger partial charge on any atom is -0.496 e. The highest BCUT2D eigenvalue weighted by atomic mass is 16.5. The van der Waals surface area contributed by atoms with Crippen LogP contribution in [0.4, 0.5) is 0 Å². The Morgan fingerprint density at radius 3 is 1.32 bits per heavy atom. The van der Waals surface area contributed by atoms with Crippen LogP contribution in [-0.4, -0.2) is 52.4 Å². The lowest BCUT2D eigenvalue weighted by Crippen LogP contribution is -2.55. The molecule has 3 aromatic carbocycles. The largest absolute Gasteiger partial charge is 0.496 e. The van der Waals surface area contributed by atoms with E-state index in [1.165, 1.54) is 0 Å². The number of benzene rings is 3. The van der Waals surface area contributed by atoms with Crippen molar-refractivity contribution in [2.45, 2.75) is 5.54 Å². The number of rotatable bonds is 7. The van der Waals surface area contributed by atoms with Gasteiger partial charge in [-0.1, -0.05) is 54.6 Å². The fourth-order valence-electron chi connectivity index (χ4n) is 4.78. The van der Waals surface area contributed by atoms with Gasteiger partial charge in [-0.25, -0.2) is 0 Å². The zero-order valence-electron chi connectivity index (χ0n) is 18.4. The molecule has 0 bridgehead atoms. The Balaban J connectivity index is 2.16. The monoisotopic (exact) mass is 418 g/mol. The Labute approximate surface area is 184 Å². The Hall–Kier alpha value is -3.02. The highest BCUT2D eigenvalue weighted by Gasteiger charge is 2.47. The van der Waals surface area contributed by atoms with Gasteiger partial charge in [0.15, 0.2) is 0 Å². The minimum absolute atomic E-state index is 0.659. The molecule has 5 heteroatoms. The van der Waals surface area contributed by atoms with Gasteiger partial charge in [0.2, 0.25) is 0 Å². The van der Waals surface area contributed by atoms with E-state index in [0.29, 0.717) is 0 Å². The first-order valence-corrected chi connectivity index (χ1v) is 10.6. The van der Waals surface area contributed by atoms with E-state index < -0.39 is 5.54 Å². The first kappa shape index (κ1) is 21.2. The lowest BCUT2D eigenvalue weighted by Gasteiger charge is -2.48. The average molecular weight is 419 g/mol. The molecular weight excluding hydrogens is 388 g/mol. The normalized spacial score (nSPS) is 14.8. The molecule has 0 saturated carbocycles. The van der Waals surface area contributed by atoms with Crippen LogP contribution in [0.25, 0.3) is 0 Å². The van der Waals surface area contributed by atoms with Gasteiger partial charge in [-0.2, -0.15) is 0 Å². The third-order valence-corrected chi connectivity index (χ3v) is 6.08. The summed E-state index contributed by atoms with van der Waals surface area (Å²) in [7, 11) is 5.18. The van der Waals surface area contributed by atoms with Crippen molar-refractivity contribution in [3.05, 3.63) is 89.5 Å². The van der Waals surface area contributed by atoms with Crippen molar-refractivity contribution in [2.75, 3.05) is 47.5 Å². The molecule has 4 rings (SSSR count). The zero-order chi connectivity index (χ0) is 21.7. The summed E-state index contributed by atoms with van der Waals surface area (Å²) >= 11 is 0. The Morgan fingerprint density at radius 1 is 0.613 bits per heavy atom. The Bertz CT molecular complexity index is 899. The highest BCUT2D eigenvalue weighted by Crippen LogP contribution is 2.51. The van der Waals surface area contributed by atoms with E-state index in [4.69, 9.17) is 14.2 Å². The van der Waals surface area contributed by atoms with Crippen LogP contribution < -0.4 is 19.5 Å². The molecule has 1 aliphatic heterocycles. The predicted octanol–water partition coefficient (Wildman–Crippen LogP) is 3.91. The smallest absolute Gasteiger partial charge is 0.124 e. The van der Waals surface area contributed by atoms with Gasteiger partial charge in [-0.15, -0.1) is 0 Å². The molecule has 1 fully saturated rings. The number of para-hydroxylation sites is 3. The average Bonchev–Trinajstić information content (AvgIpc) is 2.86. The van der Waals surface area contributed by atoms with E-state index in [-0.39, 0.29) is 0 Å². The molecule has 1 heterocycles. The van der Waals surface area contributed by atoms with Crippen molar-refractivity contribution in [3.63, 3.8) is 0 Å². The van der Waals surface area contributed by atoms with Gasteiger partial charge in [0.1, 0.15) is 22.8 Å². The van der Waals surface area contributed by atoms with Crippen LogP contribution in [0.5, 0.6) is 17.2 Å². The lowest BCUT2D eigenvalue weighted by atomic mass is 9.74. The van der Waals surface area contributed by atoms with Gasteiger partial charge in [0.05, 0.1) is 21.3 Å². The zero-order valence-corrected chi connectivity index (χ0v) is 18.4. The quantitative estimate of drug-likeness (QED) is 0.590.